The van der Waals surface area contributed by atoms with Crippen molar-refractivity contribution in [2.45, 2.75) is 0 Å². The molecule has 0 unspecified atom stereocenters. The monoisotopic (exact) mass is 386 g/mol. The Kier molecular flexibility index (Phi) is 4.83. The second-order valence-electron chi connectivity index (χ2n) is 6.85. The van der Waals surface area contributed by atoms with Crippen LogP contribution < -0.4 is 0 Å². The first-order valence-corrected chi connectivity index (χ1v) is 9.27. The highest BCUT2D eigenvalue weighted by atomic mass is 16.2. The molecule has 0 spiro atoms. The highest BCUT2D eigenvalue weighted by Gasteiger charge is 2.30. The number of Topliss-reactive ketones (excluding diaryl/α,β-unsaturated/α-hetero) is 1. The van der Waals surface area contributed by atoms with E-state index in [2.05, 4.69) is 4.98 Å². The Balaban J connectivity index is 1.45. The fourth-order valence-electron chi connectivity index (χ4n) is 3.51. The van der Waals surface area contributed by atoms with Crippen molar-refractivity contribution in [2.24, 2.45) is 0 Å². The maximum atomic E-state index is 12.8. The van der Waals surface area contributed by atoms with E-state index >= 15 is 0 Å². The van der Waals surface area contributed by atoms with Gasteiger partial charge in [0.05, 0.1) is 17.2 Å². The third-order valence-electron chi connectivity index (χ3n) is 5.12. The van der Waals surface area contributed by atoms with Crippen LogP contribution in [-0.2, 0) is 4.79 Å². The number of rotatable bonds is 3. The molecule has 2 heterocycles. The van der Waals surface area contributed by atoms with Crippen LogP contribution in [0.3, 0.4) is 0 Å². The Morgan fingerprint density at radius 3 is 2.31 bits per heavy atom. The number of H-pyrrole nitrogens is 1. The van der Waals surface area contributed by atoms with Crippen LogP contribution >= 0.6 is 0 Å². The summed E-state index contributed by atoms with van der Waals surface area (Å²) in [6.45, 7) is 1.35. The zero-order valence-electron chi connectivity index (χ0n) is 15.6. The van der Waals surface area contributed by atoms with E-state index in [9.17, 15) is 14.4 Å². The summed E-state index contributed by atoms with van der Waals surface area (Å²) in [6, 6.07) is 16.0. The Morgan fingerprint density at radius 1 is 0.931 bits per heavy atom. The van der Waals surface area contributed by atoms with Crippen LogP contribution in [0.2, 0.25) is 0 Å². The van der Waals surface area contributed by atoms with E-state index in [1.807, 2.05) is 24.3 Å². The van der Waals surface area contributed by atoms with Crippen LogP contribution in [0.25, 0.3) is 10.9 Å². The summed E-state index contributed by atoms with van der Waals surface area (Å²) in [6.07, 6.45) is 1.50. The number of fused-ring (bicyclic) bond motifs is 1. The number of benzene rings is 2. The van der Waals surface area contributed by atoms with Gasteiger partial charge in [-0.1, -0.05) is 18.2 Å². The molecule has 1 aliphatic heterocycles. The van der Waals surface area contributed by atoms with Crippen molar-refractivity contribution in [2.75, 3.05) is 26.2 Å². The molecule has 29 heavy (non-hydrogen) atoms. The van der Waals surface area contributed by atoms with E-state index in [0.29, 0.717) is 48.2 Å². The molecule has 7 heteroatoms. The standard InChI is InChI=1S/C22H18N4O3/c23-13-15-6-7-19-17(12-15)18(14-24-19)20(27)22(29)26-10-8-25(9-11-26)21(28)16-4-2-1-3-5-16/h1-7,12,14,24H,8-11H2. The van der Waals surface area contributed by atoms with Gasteiger partial charge in [-0.15, -0.1) is 0 Å². The topological polar surface area (TPSA) is 97.3 Å². The van der Waals surface area contributed by atoms with Crippen molar-refractivity contribution in [3.05, 3.63) is 71.4 Å². The highest BCUT2D eigenvalue weighted by molar-refractivity contribution is 6.44. The first-order chi connectivity index (χ1) is 14.1. The maximum Gasteiger partial charge on any atom is 0.295 e. The Morgan fingerprint density at radius 2 is 1.62 bits per heavy atom. The number of hydrogen-bond acceptors (Lipinski definition) is 4. The SMILES string of the molecule is N#Cc1ccc2[nH]cc(C(=O)C(=O)N3CCN(C(=O)c4ccccc4)CC3)c2c1. The summed E-state index contributed by atoms with van der Waals surface area (Å²) in [5, 5.41) is 9.63. The number of piperazine rings is 1. The van der Waals surface area contributed by atoms with Crippen molar-refractivity contribution in [3.63, 3.8) is 0 Å². The van der Waals surface area contributed by atoms with Gasteiger partial charge in [0.15, 0.2) is 0 Å². The van der Waals surface area contributed by atoms with Crippen molar-refractivity contribution >= 4 is 28.5 Å². The van der Waals surface area contributed by atoms with Crippen LogP contribution in [0.5, 0.6) is 0 Å². The van der Waals surface area contributed by atoms with E-state index in [1.54, 1.807) is 35.2 Å². The molecule has 3 aromatic rings. The summed E-state index contributed by atoms with van der Waals surface area (Å²) in [7, 11) is 0. The summed E-state index contributed by atoms with van der Waals surface area (Å²) in [4.78, 5) is 44.2. The highest BCUT2D eigenvalue weighted by Crippen LogP contribution is 2.21. The van der Waals surface area contributed by atoms with Gasteiger partial charge < -0.3 is 14.8 Å². The van der Waals surface area contributed by atoms with Crippen molar-refractivity contribution in [1.29, 1.82) is 5.26 Å². The molecule has 1 aliphatic rings. The summed E-state index contributed by atoms with van der Waals surface area (Å²) >= 11 is 0. The lowest BCUT2D eigenvalue weighted by atomic mass is 10.1. The molecule has 4 rings (SSSR count). The van der Waals surface area contributed by atoms with E-state index in [-0.39, 0.29) is 11.5 Å². The van der Waals surface area contributed by atoms with Gasteiger partial charge >= 0.3 is 0 Å². The van der Waals surface area contributed by atoms with Crippen LogP contribution in [-0.4, -0.2) is 58.6 Å². The number of carbonyl (C=O) groups is 3. The average Bonchev–Trinajstić information content (AvgIpc) is 3.21. The zero-order valence-corrected chi connectivity index (χ0v) is 15.6. The lowest BCUT2D eigenvalue weighted by Crippen LogP contribution is -2.52. The molecule has 1 fully saturated rings. The molecular weight excluding hydrogens is 368 g/mol. The lowest BCUT2D eigenvalue weighted by molar-refractivity contribution is -0.127. The van der Waals surface area contributed by atoms with Gasteiger partial charge in [0, 0.05) is 48.8 Å². The zero-order chi connectivity index (χ0) is 20.4. The molecular formula is C22H18N4O3. The van der Waals surface area contributed by atoms with Crippen molar-refractivity contribution in [3.8, 4) is 6.07 Å². The average molecular weight is 386 g/mol. The number of nitrogens with one attached hydrogen (secondary N) is 1. The number of aromatic amines is 1. The minimum atomic E-state index is -0.617. The number of amides is 2. The second-order valence-corrected chi connectivity index (χ2v) is 6.85. The van der Waals surface area contributed by atoms with Gasteiger partial charge in [-0.3, -0.25) is 14.4 Å². The van der Waals surface area contributed by atoms with Gasteiger partial charge in [-0.25, -0.2) is 0 Å². The van der Waals surface area contributed by atoms with E-state index in [1.165, 1.54) is 11.1 Å². The lowest BCUT2D eigenvalue weighted by Gasteiger charge is -2.34. The summed E-state index contributed by atoms with van der Waals surface area (Å²) in [5.41, 5.74) is 1.98. The molecule has 1 N–H and O–H groups in total. The normalized spacial score (nSPS) is 13.9. The number of ketones is 1. The van der Waals surface area contributed by atoms with Gasteiger partial charge in [0.1, 0.15) is 0 Å². The Labute approximate surface area is 167 Å². The van der Waals surface area contributed by atoms with Crippen LogP contribution in [0.4, 0.5) is 0 Å². The molecule has 0 saturated carbocycles. The van der Waals surface area contributed by atoms with Gasteiger partial charge in [0.2, 0.25) is 0 Å². The first-order valence-electron chi connectivity index (χ1n) is 9.27. The third kappa shape index (κ3) is 3.48. The number of nitrogens with zero attached hydrogens (tertiary/aromatic N) is 3. The molecule has 1 saturated heterocycles. The molecule has 0 bridgehead atoms. The van der Waals surface area contributed by atoms with Crippen molar-refractivity contribution < 1.29 is 14.4 Å². The second kappa shape index (κ2) is 7.60. The smallest absolute Gasteiger partial charge is 0.295 e. The maximum absolute atomic E-state index is 12.8. The summed E-state index contributed by atoms with van der Waals surface area (Å²) in [5.74, 6) is -1.29. The van der Waals surface area contributed by atoms with Gasteiger partial charge in [-0.05, 0) is 30.3 Å². The minimum Gasteiger partial charge on any atom is -0.360 e. The molecule has 1 aromatic heterocycles. The van der Waals surface area contributed by atoms with E-state index in [4.69, 9.17) is 5.26 Å². The molecule has 7 nitrogen and oxygen atoms in total. The van der Waals surface area contributed by atoms with Crippen molar-refractivity contribution in [1.82, 2.24) is 14.8 Å². The predicted octanol–water partition coefficient (Wildman–Crippen LogP) is 2.21. The number of hydrogen-bond donors (Lipinski definition) is 1. The van der Waals surface area contributed by atoms with Gasteiger partial charge in [-0.2, -0.15) is 5.26 Å². The quantitative estimate of drug-likeness (QED) is 0.551. The Hall–Kier alpha value is -3.92. The summed E-state index contributed by atoms with van der Waals surface area (Å²) < 4.78 is 0. The fourth-order valence-corrected chi connectivity index (χ4v) is 3.51. The minimum absolute atomic E-state index is 0.0790. The first kappa shape index (κ1) is 18.4. The largest absolute Gasteiger partial charge is 0.360 e. The van der Waals surface area contributed by atoms with E-state index < -0.39 is 11.7 Å². The Bertz CT molecular complexity index is 1140. The van der Waals surface area contributed by atoms with Crippen LogP contribution in [0.1, 0.15) is 26.3 Å². The molecule has 2 amide bonds. The number of aromatic nitrogens is 1. The molecule has 2 aromatic carbocycles. The predicted molar refractivity (Wildman–Crippen MR) is 106 cm³/mol. The number of nitriles is 1. The molecule has 0 radical (unpaired) electrons. The number of carbonyl (C=O) groups excluding carboxylic acids is 3. The van der Waals surface area contributed by atoms with E-state index in [0.717, 1.165) is 0 Å². The van der Waals surface area contributed by atoms with Gasteiger partial charge in [0.25, 0.3) is 17.6 Å². The molecule has 144 valence electrons. The van der Waals surface area contributed by atoms with Crippen LogP contribution in [0.15, 0.2) is 54.7 Å². The third-order valence-corrected chi connectivity index (χ3v) is 5.12. The molecule has 0 atom stereocenters. The van der Waals surface area contributed by atoms with Crippen LogP contribution in [0, 0.1) is 11.3 Å². The fraction of sp³-hybridized carbons (Fsp3) is 0.182. The molecule has 0 aliphatic carbocycles.